The molecule has 3 nitrogen and oxygen atoms in total. The second-order valence-electron chi connectivity index (χ2n) is 5.43. The van der Waals surface area contributed by atoms with Crippen LogP contribution in [0.4, 0.5) is 0 Å². The summed E-state index contributed by atoms with van der Waals surface area (Å²) in [6, 6.07) is 6.25. The number of methoxy groups -OCH3 is 1. The number of benzene rings is 1. The number of hydrogen-bond donors (Lipinski definition) is 2. The topological polar surface area (TPSA) is 41.5 Å². The lowest BCUT2D eigenvalue weighted by molar-refractivity contribution is 0.371. The number of aromatic hydroxyl groups is 1. The summed E-state index contributed by atoms with van der Waals surface area (Å²) in [5, 5.41) is 13.4. The summed E-state index contributed by atoms with van der Waals surface area (Å²) in [5.74, 6) is 0.758. The van der Waals surface area contributed by atoms with Gasteiger partial charge >= 0.3 is 0 Å². The predicted octanol–water partition coefficient (Wildman–Crippen LogP) is 3.60. The fourth-order valence-electron chi connectivity index (χ4n) is 2.77. The number of rotatable bonds is 4. The number of nitrogens with one attached hydrogen (secondary N) is 1. The molecule has 0 spiro atoms. The predicted molar refractivity (Wildman–Crippen MR) is 77.6 cm³/mol. The number of phenols is 1. The van der Waals surface area contributed by atoms with Gasteiger partial charge in [-0.2, -0.15) is 0 Å². The standard InChI is InChI=1S/C16H25NO2/c1-19-16-10-9-13(11-15(16)18)12-17-14-7-5-3-2-4-6-8-14/h9-11,14,17-18H,2-8,12H2,1H3. The van der Waals surface area contributed by atoms with Crippen LogP contribution in [0.5, 0.6) is 11.5 Å². The lowest BCUT2D eigenvalue weighted by atomic mass is 9.96. The van der Waals surface area contributed by atoms with E-state index in [0.29, 0.717) is 11.8 Å². The van der Waals surface area contributed by atoms with Crippen LogP contribution in [0.25, 0.3) is 0 Å². The average molecular weight is 263 g/mol. The zero-order valence-corrected chi connectivity index (χ0v) is 11.8. The molecule has 1 aliphatic carbocycles. The van der Waals surface area contributed by atoms with E-state index >= 15 is 0 Å². The van der Waals surface area contributed by atoms with E-state index in [4.69, 9.17) is 4.74 Å². The van der Waals surface area contributed by atoms with Crippen molar-refractivity contribution in [1.29, 1.82) is 0 Å². The Balaban J connectivity index is 1.85. The molecule has 3 heteroatoms. The molecule has 0 radical (unpaired) electrons. The van der Waals surface area contributed by atoms with Crippen LogP contribution in [0.1, 0.15) is 50.5 Å². The molecule has 1 aliphatic rings. The molecule has 1 fully saturated rings. The van der Waals surface area contributed by atoms with Gasteiger partial charge in [-0.15, -0.1) is 0 Å². The summed E-state index contributed by atoms with van der Waals surface area (Å²) >= 11 is 0. The Morgan fingerprint density at radius 2 is 1.84 bits per heavy atom. The molecule has 0 aliphatic heterocycles. The van der Waals surface area contributed by atoms with Gasteiger partial charge in [0.2, 0.25) is 0 Å². The van der Waals surface area contributed by atoms with Crippen molar-refractivity contribution in [2.24, 2.45) is 0 Å². The number of ether oxygens (including phenoxy) is 1. The molecule has 1 saturated carbocycles. The van der Waals surface area contributed by atoms with Crippen LogP contribution in [0, 0.1) is 0 Å². The maximum Gasteiger partial charge on any atom is 0.160 e. The van der Waals surface area contributed by atoms with Crippen LogP contribution < -0.4 is 10.1 Å². The van der Waals surface area contributed by atoms with E-state index in [0.717, 1.165) is 12.1 Å². The van der Waals surface area contributed by atoms with Crippen LogP contribution >= 0.6 is 0 Å². The Bertz CT molecular complexity index is 384. The van der Waals surface area contributed by atoms with E-state index in [1.165, 1.54) is 44.9 Å². The second-order valence-corrected chi connectivity index (χ2v) is 5.43. The molecule has 0 unspecified atom stereocenters. The zero-order valence-electron chi connectivity index (χ0n) is 11.8. The quantitative estimate of drug-likeness (QED) is 0.872. The van der Waals surface area contributed by atoms with Crippen molar-refractivity contribution in [3.05, 3.63) is 23.8 Å². The molecule has 1 aromatic rings. The van der Waals surface area contributed by atoms with Crippen LogP contribution in [0.15, 0.2) is 18.2 Å². The monoisotopic (exact) mass is 263 g/mol. The molecular weight excluding hydrogens is 238 g/mol. The van der Waals surface area contributed by atoms with Crippen molar-refractivity contribution in [3.8, 4) is 11.5 Å². The molecular formula is C16H25NO2. The fraction of sp³-hybridized carbons (Fsp3) is 0.625. The van der Waals surface area contributed by atoms with E-state index < -0.39 is 0 Å². The highest BCUT2D eigenvalue weighted by atomic mass is 16.5. The Hall–Kier alpha value is -1.22. The third kappa shape index (κ3) is 4.43. The second kappa shape index (κ2) is 7.39. The highest BCUT2D eigenvalue weighted by Crippen LogP contribution is 2.26. The summed E-state index contributed by atoms with van der Waals surface area (Å²) in [4.78, 5) is 0. The van der Waals surface area contributed by atoms with Gasteiger partial charge in [-0.25, -0.2) is 0 Å². The number of phenolic OH excluding ortho intramolecular Hbond substituents is 1. The molecule has 0 saturated heterocycles. The van der Waals surface area contributed by atoms with Crippen molar-refractivity contribution in [3.63, 3.8) is 0 Å². The molecule has 2 rings (SSSR count). The molecule has 0 bridgehead atoms. The van der Waals surface area contributed by atoms with Crippen molar-refractivity contribution in [2.45, 2.75) is 57.5 Å². The van der Waals surface area contributed by atoms with Crippen molar-refractivity contribution in [1.82, 2.24) is 5.32 Å². The molecule has 0 heterocycles. The van der Waals surface area contributed by atoms with E-state index in [1.54, 1.807) is 13.2 Å². The molecule has 0 amide bonds. The summed E-state index contributed by atoms with van der Waals surface area (Å²) in [6.07, 6.45) is 9.39. The summed E-state index contributed by atoms with van der Waals surface area (Å²) < 4.78 is 5.05. The number of hydrogen-bond acceptors (Lipinski definition) is 3. The van der Waals surface area contributed by atoms with Gasteiger partial charge in [-0.1, -0.05) is 38.2 Å². The normalized spacial score (nSPS) is 17.7. The Kier molecular flexibility index (Phi) is 5.52. The van der Waals surface area contributed by atoms with E-state index in [2.05, 4.69) is 5.32 Å². The van der Waals surface area contributed by atoms with Crippen LogP contribution in [0.2, 0.25) is 0 Å². The first kappa shape index (κ1) is 14.2. The Labute approximate surface area is 116 Å². The third-order valence-corrected chi connectivity index (χ3v) is 3.94. The minimum Gasteiger partial charge on any atom is -0.504 e. The molecule has 0 aromatic heterocycles. The van der Waals surface area contributed by atoms with E-state index in [9.17, 15) is 5.11 Å². The molecule has 2 N–H and O–H groups in total. The molecule has 0 atom stereocenters. The van der Waals surface area contributed by atoms with Gasteiger partial charge in [0.1, 0.15) is 0 Å². The Morgan fingerprint density at radius 1 is 1.16 bits per heavy atom. The minimum atomic E-state index is 0.222. The van der Waals surface area contributed by atoms with Gasteiger partial charge in [0.15, 0.2) is 11.5 Å². The fourth-order valence-corrected chi connectivity index (χ4v) is 2.77. The first-order valence-corrected chi connectivity index (χ1v) is 7.39. The SMILES string of the molecule is COc1ccc(CNC2CCCCCCC2)cc1O. The summed E-state index contributed by atoms with van der Waals surface area (Å²) in [6.45, 7) is 0.822. The molecule has 1 aromatic carbocycles. The van der Waals surface area contributed by atoms with Crippen molar-refractivity contribution < 1.29 is 9.84 Å². The molecule has 106 valence electrons. The van der Waals surface area contributed by atoms with Gasteiger partial charge in [-0.3, -0.25) is 0 Å². The lowest BCUT2D eigenvalue weighted by Gasteiger charge is -2.21. The van der Waals surface area contributed by atoms with Gasteiger partial charge < -0.3 is 15.2 Å². The van der Waals surface area contributed by atoms with Crippen LogP contribution in [-0.2, 0) is 6.54 Å². The van der Waals surface area contributed by atoms with Crippen LogP contribution in [-0.4, -0.2) is 18.3 Å². The summed E-state index contributed by atoms with van der Waals surface area (Å²) in [7, 11) is 1.57. The van der Waals surface area contributed by atoms with E-state index in [1.807, 2.05) is 12.1 Å². The minimum absolute atomic E-state index is 0.222. The third-order valence-electron chi connectivity index (χ3n) is 3.94. The summed E-state index contributed by atoms with van der Waals surface area (Å²) in [5.41, 5.74) is 1.11. The van der Waals surface area contributed by atoms with Gasteiger partial charge in [0.25, 0.3) is 0 Å². The van der Waals surface area contributed by atoms with Gasteiger partial charge in [0, 0.05) is 12.6 Å². The maximum absolute atomic E-state index is 9.76. The Morgan fingerprint density at radius 3 is 2.47 bits per heavy atom. The van der Waals surface area contributed by atoms with Gasteiger partial charge in [0.05, 0.1) is 7.11 Å². The highest BCUT2D eigenvalue weighted by molar-refractivity contribution is 5.41. The highest BCUT2D eigenvalue weighted by Gasteiger charge is 2.11. The van der Waals surface area contributed by atoms with Gasteiger partial charge in [-0.05, 0) is 30.5 Å². The zero-order chi connectivity index (χ0) is 13.5. The van der Waals surface area contributed by atoms with Crippen LogP contribution in [0.3, 0.4) is 0 Å². The first-order valence-electron chi connectivity index (χ1n) is 7.39. The largest absolute Gasteiger partial charge is 0.504 e. The van der Waals surface area contributed by atoms with Crippen molar-refractivity contribution >= 4 is 0 Å². The average Bonchev–Trinajstić information content (AvgIpc) is 2.37. The maximum atomic E-state index is 9.76. The lowest BCUT2D eigenvalue weighted by Crippen LogP contribution is -2.29. The molecule has 19 heavy (non-hydrogen) atoms. The first-order chi connectivity index (χ1) is 9.29. The smallest absolute Gasteiger partial charge is 0.160 e. The van der Waals surface area contributed by atoms with E-state index in [-0.39, 0.29) is 5.75 Å². The van der Waals surface area contributed by atoms with Crippen molar-refractivity contribution in [2.75, 3.05) is 7.11 Å².